The summed E-state index contributed by atoms with van der Waals surface area (Å²) in [5.41, 5.74) is 1.27. The zero-order valence-corrected chi connectivity index (χ0v) is 14.2. The van der Waals surface area contributed by atoms with Gasteiger partial charge in [0.25, 0.3) is 10.0 Å². The van der Waals surface area contributed by atoms with Gasteiger partial charge < -0.3 is 4.74 Å². The summed E-state index contributed by atoms with van der Waals surface area (Å²) in [6, 6.07) is 9.28. The fourth-order valence-corrected chi connectivity index (χ4v) is 3.45. The van der Waals surface area contributed by atoms with Crippen molar-refractivity contribution in [3.8, 4) is 0 Å². The standard InChI is InChI=1S/C17H21N3O3S/c21-24(22,11-9-15-6-2-1-3-7-15)19-16-12-18-20(13-16)14-17-8-4-5-10-23-17/h1-3,6-7,9,11-13,17,19H,4-5,8,10,14H2/b11-9+/t17-/m1/s1. The Kier molecular flexibility index (Phi) is 5.32. The average Bonchev–Trinajstić information content (AvgIpc) is 3.01. The first-order valence-corrected chi connectivity index (χ1v) is 9.55. The molecule has 0 spiro atoms. The quantitative estimate of drug-likeness (QED) is 0.872. The van der Waals surface area contributed by atoms with Gasteiger partial charge in [0, 0.05) is 12.8 Å². The van der Waals surface area contributed by atoms with Gasteiger partial charge >= 0.3 is 0 Å². The lowest BCUT2D eigenvalue weighted by Gasteiger charge is -2.22. The Hall–Kier alpha value is -2.12. The molecule has 1 aliphatic heterocycles. The predicted molar refractivity (Wildman–Crippen MR) is 93.8 cm³/mol. The van der Waals surface area contributed by atoms with Crippen LogP contribution in [0.25, 0.3) is 6.08 Å². The minimum absolute atomic E-state index is 0.154. The van der Waals surface area contributed by atoms with Crippen LogP contribution in [0.3, 0.4) is 0 Å². The van der Waals surface area contributed by atoms with E-state index in [-0.39, 0.29) is 6.10 Å². The van der Waals surface area contributed by atoms with E-state index in [1.54, 1.807) is 17.0 Å². The molecule has 128 valence electrons. The highest BCUT2D eigenvalue weighted by Gasteiger charge is 2.15. The summed E-state index contributed by atoms with van der Waals surface area (Å²) in [6.45, 7) is 1.43. The van der Waals surface area contributed by atoms with Crippen LogP contribution in [0.2, 0.25) is 0 Å². The Balaban J connectivity index is 1.59. The number of anilines is 1. The number of hydrogen-bond acceptors (Lipinski definition) is 4. The molecule has 3 rings (SSSR count). The summed E-state index contributed by atoms with van der Waals surface area (Å²) in [5, 5.41) is 5.36. The molecule has 0 saturated carbocycles. The van der Waals surface area contributed by atoms with Crippen molar-refractivity contribution in [2.75, 3.05) is 11.3 Å². The Bertz CT molecular complexity index is 778. The van der Waals surface area contributed by atoms with Gasteiger partial charge in [-0.1, -0.05) is 30.3 Å². The number of nitrogens with zero attached hydrogens (tertiary/aromatic N) is 2. The molecule has 0 unspecified atom stereocenters. The van der Waals surface area contributed by atoms with Crippen LogP contribution in [0, 0.1) is 0 Å². The zero-order chi connectivity index (χ0) is 16.8. The van der Waals surface area contributed by atoms with E-state index in [9.17, 15) is 8.42 Å². The third-order valence-corrected chi connectivity index (χ3v) is 4.81. The summed E-state index contributed by atoms with van der Waals surface area (Å²) in [7, 11) is -3.57. The maximum absolute atomic E-state index is 12.1. The van der Waals surface area contributed by atoms with E-state index in [0.717, 1.165) is 36.8 Å². The third-order valence-electron chi connectivity index (χ3n) is 3.80. The van der Waals surface area contributed by atoms with Gasteiger partial charge in [-0.3, -0.25) is 9.40 Å². The van der Waals surface area contributed by atoms with E-state index < -0.39 is 10.0 Å². The van der Waals surface area contributed by atoms with Crippen LogP contribution in [0.1, 0.15) is 24.8 Å². The van der Waals surface area contributed by atoms with E-state index in [0.29, 0.717) is 12.2 Å². The number of nitrogens with one attached hydrogen (secondary N) is 1. The van der Waals surface area contributed by atoms with Crippen molar-refractivity contribution < 1.29 is 13.2 Å². The molecular formula is C17H21N3O3S. The number of benzene rings is 1. The van der Waals surface area contributed by atoms with Gasteiger partial charge in [-0.05, 0) is 30.9 Å². The SMILES string of the molecule is O=S(=O)(/C=C/c1ccccc1)Nc1cnn(C[C@H]2CCCCO2)c1. The van der Waals surface area contributed by atoms with Gasteiger partial charge in [-0.2, -0.15) is 5.10 Å². The number of ether oxygens (including phenoxy) is 1. The predicted octanol–water partition coefficient (Wildman–Crippen LogP) is 2.86. The van der Waals surface area contributed by atoms with Crippen molar-refractivity contribution in [3.63, 3.8) is 0 Å². The Morgan fingerprint density at radius 2 is 2.12 bits per heavy atom. The minimum atomic E-state index is -3.57. The third kappa shape index (κ3) is 4.94. The van der Waals surface area contributed by atoms with Crippen LogP contribution >= 0.6 is 0 Å². The van der Waals surface area contributed by atoms with Gasteiger partial charge in [0.15, 0.2) is 0 Å². The normalized spacial score (nSPS) is 18.8. The van der Waals surface area contributed by atoms with Crippen LogP contribution in [-0.4, -0.2) is 30.9 Å². The Morgan fingerprint density at radius 1 is 1.29 bits per heavy atom. The fourth-order valence-electron chi connectivity index (χ4n) is 2.61. The highest BCUT2D eigenvalue weighted by Crippen LogP contribution is 2.16. The van der Waals surface area contributed by atoms with Gasteiger partial charge in [-0.15, -0.1) is 0 Å². The number of rotatable bonds is 6. The second-order valence-electron chi connectivity index (χ2n) is 5.80. The number of sulfonamides is 1. The molecule has 1 aromatic carbocycles. The van der Waals surface area contributed by atoms with E-state index >= 15 is 0 Å². The lowest BCUT2D eigenvalue weighted by Crippen LogP contribution is -2.24. The molecule has 1 fully saturated rings. The van der Waals surface area contributed by atoms with Crippen LogP contribution in [0.5, 0.6) is 0 Å². The van der Waals surface area contributed by atoms with Crippen molar-refractivity contribution in [3.05, 3.63) is 53.7 Å². The van der Waals surface area contributed by atoms with E-state index in [1.807, 2.05) is 30.3 Å². The van der Waals surface area contributed by atoms with Crippen LogP contribution in [0.4, 0.5) is 5.69 Å². The maximum atomic E-state index is 12.1. The summed E-state index contributed by atoms with van der Waals surface area (Å²) in [5.74, 6) is 0. The summed E-state index contributed by atoms with van der Waals surface area (Å²) in [4.78, 5) is 0. The molecule has 0 aliphatic carbocycles. The van der Waals surface area contributed by atoms with Crippen LogP contribution < -0.4 is 4.72 Å². The molecule has 2 heterocycles. The number of aromatic nitrogens is 2. The van der Waals surface area contributed by atoms with E-state index in [2.05, 4.69) is 9.82 Å². The van der Waals surface area contributed by atoms with Crippen molar-refractivity contribution in [1.82, 2.24) is 9.78 Å². The smallest absolute Gasteiger partial charge is 0.255 e. The molecule has 7 heteroatoms. The molecule has 0 radical (unpaired) electrons. The number of hydrogen-bond donors (Lipinski definition) is 1. The van der Waals surface area contributed by atoms with Crippen molar-refractivity contribution in [1.29, 1.82) is 0 Å². The first-order chi connectivity index (χ1) is 11.6. The molecule has 0 amide bonds. The van der Waals surface area contributed by atoms with Gasteiger partial charge in [-0.25, -0.2) is 8.42 Å². The van der Waals surface area contributed by atoms with E-state index in [4.69, 9.17) is 4.74 Å². The second kappa shape index (κ2) is 7.63. The zero-order valence-electron chi connectivity index (χ0n) is 13.3. The van der Waals surface area contributed by atoms with E-state index in [1.165, 1.54) is 6.20 Å². The van der Waals surface area contributed by atoms with Gasteiger partial charge in [0.2, 0.25) is 0 Å². The summed E-state index contributed by atoms with van der Waals surface area (Å²) >= 11 is 0. The molecule has 6 nitrogen and oxygen atoms in total. The van der Waals surface area contributed by atoms with Crippen molar-refractivity contribution >= 4 is 21.8 Å². The minimum Gasteiger partial charge on any atom is -0.376 e. The van der Waals surface area contributed by atoms with Crippen molar-refractivity contribution in [2.24, 2.45) is 0 Å². The topological polar surface area (TPSA) is 73.2 Å². The first-order valence-electron chi connectivity index (χ1n) is 8.01. The monoisotopic (exact) mass is 347 g/mol. The second-order valence-corrected chi connectivity index (χ2v) is 7.37. The molecule has 0 bridgehead atoms. The fraction of sp³-hybridized carbons (Fsp3) is 0.353. The molecule has 1 atom stereocenters. The average molecular weight is 347 g/mol. The Labute approximate surface area is 142 Å². The largest absolute Gasteiger partial charge is 0.376 e. The summed E-state index contributed by atoms with van der Waals surface area (Å²) < 4.78 is 34.1. The van der Waals surface area contributed by atoms with Crippen LogP contribution in [0.15, 0.2) is 48.1 Å². The molecule has 1 aromatic heterocycles. The van der Waals surface area contributed by atoms with Crippen LogP contribution in [-0.2, 0) is 21.3 Å². The molecule has 1 saturated heterocycles. The summed E-state index contributed by atoms with van der Waals surface area (Å²) in [6.07, 6.45) is 8.19. The first kappa shape index (κ1) is 16.7. The molecule has 24 heavy (non-hydrogen) atoms. The maximum Gasteiger partial charge on any atom is 0.255 e. The van der Waals surface area contributed by atoms with Gasteiger partial charge in [0.05, 0.1) is 29.9 Å². The highest BCUT2D eigenvalue weighted by atomic mass is 32.2. The van der Waals surface area contributed by atoms with Gasteiger partial charge in [0.1, 0.15) is 0 Å². The molecular weight excluding hydrogens is 326 g/mol. The Morgan fingerprint density at radius 3 is 2.88 bits per heavy atom. The lowest BCUT2D eigenvalue weighted by molar-refractivity contribution is 0.00401. The molecule has 2 aromatic rings. The molecule has 1 aliphatic rings. The van der Waals surface area contributed by atoms with Crippen molar-refractivity contribution in [2.45, 2.75) is 31.9 Å². The lowest BCUT2D eigenvalue weighted by atomic mass is 10.1. The highest BCUT2D eigenvalue weighted by molar-refractivity contribution is 7.95. The molecule has 1 N–H and O–H groups in total.